The third kappa shape index (κ3) is 9.14. The number of carbonyl (C=O) groups excluding carboxylic acids is 1. The zero-order chi connectivity index (χ0) is 20.9. The molecule has 0 heterocycles. The smallest absolute Gasteiger partial charge is 0.303 e. The minimum Gasteiger partial charge on any atom is -0.490 e. The van der Waals surface area contributed by atoms with E-state index in [0.29, 0.717) is 26.2 Å². The van der Waals surface area contributed by atoms with Gasteiger partial charge in [-0.2, -0.15) is 0 Å². The summed E-state index contributed by atoms with van der Waals surface area (Å²) in [6.07, 6.45) is 2.70. The van der Waals surface area contributed by atoms with Gasteiger partial charge in [-0.25, -0.2) is 0 Å². The average molecular weight is 399 g/mol. The lowest BCUT2D eigenvalue weighted by Crippen LogP contribution is -2.26. The number of carbonyl (C=O) groups is 2. The summed E-state index contributed by atoms with van der Waals surface area (Å²) in [7, 11) is 0. The van der Waals surface area contributed by atoms with Gasteiger partial charge in [0.05, 0.1) is 6.42 Å². The fourth-order valence-corrected chi connectivity index (χ4v) is 2.81. The molecule has 6 nitrogen and oxygen atoms in total. The lowest BCUT2D eigenvalue weighted by Gasteiger charge is -2.10. The molecule has 0 fully saturated rings. The first-order valence-electron chi connectivity index (χ1n) is 9.99. The number of amides is 1. The van der Waals surface area contributed by atoms with Crippen molar-refractivity contribution in [2.24, 2.45) is 0 Å². The highest BCUT2D eigenvalue weighted by molar-refractivity contribution is 5.80. The van der Waals surface area contributed by atoms with Gasteiger partial charge in [-0.15, -0.1) is 0 Å². The highest BCUT2D eigenvalue weighted by Crippen LogP contribution is 2.15. The largest absolute Gasteiger partial charge is 0.490 e. The van der Waals surface area contributed by atoms with Gasteiger partial charge in [0.2, 0.25) is 5.91 Å². The third-order valence-corrected chi connectivity index (χ3v) is 4.28. The molecule has 0 bridgehead atoms. The maximum Gasteiger partial charge on any atom is 0.303 e. The van der Waals surface area contributed by atoms with E-state index in [0.717, 1.165) is 29.9 Å². The normalized spacial score (nSPS) is 10.4. The molecule has 0 unspecified atom stereocenters. The maximum atomic E-state index is 11.5. The van der Waals surface area contributed by atoms with E-state index in [4.69, 9.17) is 14.6 Å². The predicted octanol–water partition coefficient (Wildman–Crippen LogP) is 3.62. The lowest BCUT2D eigenvalue weighted by atomic mass is 10.1. The predicted molar refractivity (Wildman–Crippen MR) is 111 cm³/mol. The van der Waals surface area contributed by atoms with Gasteiger partial charge in [-0.05, 0) is 48.2 Å². The number of carboxylic acids is 1. The molecule has 0 aromatic heterocycles. The molecule has 0 aliphatic carbocycles. The van der Waals surface area contributed by atoms with Gasteiger partial charge in [0.25, 0.3) is 0 Å². The molecule has 0 spiro atoms. The van der Waals surface area contributed by atoms with Crippen molar-refractivity contribution in [3.8, 4) is 11.5 Å². The second-order valence-electron chi connectivity index (χ2n) is 6.73. The summed E-state index contributed by atoms with van der Waals surface area (Å²) in [5.74, 6) is 0.365. The summed E-state index contributed by atoms with van der Waals surface area (Å²) >= 11 is 0. The zero-order valence-electron chi connectivity index (χ0n) is 16.9. The first-order chi connectivity index (χ1) is 14.1. The molecule has 2 rings (SSSR count). The summed E-state index contributed by atoms with van der Waals surface area (Å²) in [5.41, 5.74) is 2.35. The number of aryl methyl sites for hydroxylation is 1. The minimum absolute atomic E-state index is 0.000184. The van der Waals surface area contributed by atoms with Crippen molar-refractivity contribution >= 4 is 11.9 Å². The fourth-order valence-electron chi connectivity index (χ4n) is 2.81. The lowest BCUT2D eigenvalue weighted by molar-refractivity contribution is -0.138. The molecule has 2 N–H and O–H groups in total. The molecule has 0 atom stereocenters. The summed E-state index contributed by atoms with van der Waals surface area (Å²) in [6, 6.07) is 15.8. The molecular weight excluding hydrogens is 370 g/mol. The molecule has 2 aromatic carbocycles. The van der Waals surface area contributed by atoms with Gasteiger partial charge < -0.3 is 19.9 Å². The molecular formula is C23H29NO5. The van der Waals surface area contributed by atoms with Crippen LogP contribution in [0.3, 0.4) is 0 Å². The molecule has 0 saturated carbocycles. The number of hydrogen-bond donors (Lipinski definition) is 2. The van der Waals surface area contributed by atoms with Crippen LogP contribution in [0.25, 0.3) is 0 Å². The highest BCUT2D eigenvalue weighted by Gasteiger charge is 2.05. The van der Waals surface area contributed by atoms with E-state index in [-0.39, 0.29) is 18.7 Å². The van der Waals surface area contributed by atoms with Gasteiger partial charge in [-0.3, -0.25) is 9.59 Å². The summed E-state index contributed by atoms with van der Waals surface area (Å²) < 4.78 is 11.5. The van der Waals surface area contributed by atoms with Crippen LogP contribution in [0.1, 0.15) is 37.3 Å². The quantitative estimate of drug-likeness (QED) is 0.503. The Hall–Kier alpha value is -3.02. The van der Waals surface area contributed by atoms with Crippen LogP contribution in [0.2, 0.25) is 0 Å². The Labute approximate surface area is 171 Å². The van der Waals surface area contributed by atoms with Crippen LogP contribution < -0.4 is 14.8 Å². The Morgan fingerprint density at radius 3 is 2.31 bits per heavy atom. The van der Waals surface area contributed by atoms with Gasteiger partial charge in [0.1, 0.15) is 24.7 Å². The molecule has 0 radical (unpaired) electrons. The Kier molecular flexibility index (Phi) is 9.55. The Morgan fingerprint density at radius 1 is 0.897 bits per heavy atom. The van der Waals surface area contributed by atoms with E-state index < -0.39 is 5.97 Å². The second-order valence-corrected chi connectivity index (χ2v) is 6.73. The second kappa shape index (κ2) is 12.4. The van der Waals surface area contributed by atoms with Crippen LogP contribution in [0.15, 0.2) is 48.5 Å². The number of benzene rings is 2. The van der Waals surface area contributed by atoms with Crippen molar-refractivity contribution < 1.29 is 24.2 Å². The van der Waals surface area contributed by atoms with E-state index in [1.165, 1.54) is 5.56 Å². The number of ether oxygens (including phenoxy) is 2. The molecule has 1 amide bonds. The highest BCUT2D eigenvalue weighted by atomic mass is 16.5. The molecule has 2 aromatic rings. The number of hydrogen-bond acceptors (Lipinski definition) is 4. The zero-order valence-corrected chi connectivity index (χ0v) is 16.9. The van der Waals surface area contributed by atoms with Crippen molar-refractivity contribution in [3.63, 3.8) is 0 Å². The summed E-state index contributed by atoms with van der Waals surface area (Å²) in [4.78, 5) is 22.0. The molecule has 0 aliphatic heterocycles. The van der Waals surface area contributed by atoms with Gasteiger partial charge in [0.15, 0.2) is 0 Å². The van der Waals surface area contributed by atoms with Gasteiger partial charge in [-0.1, -0.05) is 37.6 Å². The molecule has 29 heavy (non-hydrogen) atoms. The van der Waals surface area contributed by atoms with Crippen LogP contribution >= 0.6 is 0 Å². The number of carboxylic acid groups (broad SMARTS) is 1. The van der Waals surface area contributed by atoms with Crippen LogP contribution in [0.4, 0.5) is 0 Å². The molecule has 6 heteroatoms. The van der Waals surface area contributed by atoms with E-state index >= 15 is 0 Å². The summed E-state index contributed by atoms with van der Waals surface area (Å²) in [6.45, 7) is 3.51. The third-order valence-electron chi connectivity index (χ3n) is 4.28. The maximum absolute atomic E-state index is 11.5. The fraction of sp³-hybridized carbons (Fsp3) is 0.391. The first-order valence-corrected chi connectivity index (χ1v) is 9.99. The number of nitrogens with one attached hydrogen (secondary N) is 1. The Morgan fingerprint density at radius 2 is 1.62 bits per heavy atom. The standard InChI is InChI=1S/C23H29NO5/c1-2-4-18-7-9-20(10-8-18)28-15-16-29-21-6-3-5-19(17-21)13-14-24-22(25)11-12-23(26)27/h3,5-10,17H,2,4,11-16H2,1H3,(H,24,25)(H,26,27). The first kappa shape index (κ1) is 22.3. The van der Waals surface area contributed by atoms with Gasteiger partial charge in [0, 0.05) is 13.0 Å². The average Bonchev–Trinajstić information content (AvgIpc) is 2.71. The van der Waals surface area contributed by atoms with Crippen molar-refractivity contribution in [3.05, 3.63) is 59.7 Å². The van der Waals surface area contributed by atoms with Crippen LogP contribution in [-0.2, 0) is 22.4 Å². The SMILES string of the molecule is CCCc1ccc(OCCOc2cccc(CCNC(=O)CCC(=O)O)c2)cc1. The molecule has 0 saturated heterocycles. The van der Waals surface area contributed by atoms with Crippen molar-refractivity contribution in [2.45, 2.75) is 39.0 Å². The Balaban J connectivity index is 1.67. The topological polar surface area (TPSA) is 84.9 Å². The van der Waals surface area contributed by atoms with Crippen LogP contribution in [0, 0.1) is 0 Å². The van der Waals surface area contributed by atoms with Crippen molar-refractivity contribution in [2.75, 3.05) is 19.8 Å². The van der Waals surface area contributed by atoms with E-state index in [1.807, 2.05) is 36.4 Å². The monoisotopic (exact) mass is 399 g/mol. The minimum atomic E-state index is -0.970. The van der Waals surface area contributed by atoms with Crippen molar-refractivity contribution in [1.82, 2.24) is 5.32 Å². The molecule has 0 aliphatic rings. The van der Waals surface area contributed by atoms with Crippen molar-refractivity contribution in [1.29, 1.82) is 0 Å². The number of rotatable bonds is 13. The molecule has 156 valence electrons. The van der Waals surface area contributed by atoms with Crippen LogP contribution in [-0.4, -0.2) is 36.7 Å². The summed E-state index contributed by atoms with van der Waals surface area (Å²) in [5, 5.41) is 11.3. The van der Waals surface area contributed by atoms with Crippen LogP contribution in [0.5, 0.6) is 11.5 Å². The van der Waals surface area contributed by atoms with Gasteiger partial charge >= 0.3 is 5.97 Å². The van der Waals surface area contributed by atoms with E-state index in [1.54, 1.807) is 0 Å². The van der Waals surface area contributed by atoms with E-state index in [2.05, 4.69) is 24.4 Å². The van der Waals surface area contributed by atoms with E-state index in [9.17, 15) is 9.59 Å². The number of aliphatic carboxylic acids is 1. The Bertz CT molecular complexity index is 773.